The number of rotatable bonds is 7. The molecule has 3 aromatic rings. The van der Waals surface area contributed by atoms with Crippen LogP contribution in [0.3, 0.4) is 0 Å². The van der Waals surface area contributed by atoms with Crippen molar-refractivity contribution in [2.45, 2.75) is 13.0 Å². The van der Waals surface area contributed by atoms with Crippen LogP contribution >= 0.6 is 39.1 Å². The highest BCUT2D eigenvalue weighted by Crippen LogP contribution is 2.34. The summed E-state index contributed by atoms with van der Waals surface area (Å²) >= 11 is 15.6. The third-order valence-electron chi connectivity index (χ3n) is 4.73. The number of nitrogens with zero attached hydrogens (tertiary/aromatic N) is 5. The molecule has 35 heavy (non-hydrogen) atoms. The quantitative estimate of drug-likeness (QED) is 0.366. The fraction of sp³-hybridized carbons (Fsp3) is 0.182. The summed E-state index contributed by atoms with van der Waals surface area (Å²) in [7, 11) is 2.85. The van der Waals surface area contributed by atoms with Crippen molar-refractivity contribution in [2.75, 3.05) is 24.4 Å². The molecule has 0 bridgehead atoms. The summed E-state index contributed by atoms with van der Waals surface area (Å²) in [6.45, 7) is 1.71. The van der Waals surface area contributed by atoms with Gasteiger partial charge in [0.2, 0.25) is 0 Å². The Labute approximate surface area is 218 Å². The molecule has 0 unspecified atom stereocenters. The number of halogens is 3. The molecule has 0 spiro atoms. The fourth-order valence-corrected chi connectivity index (χ4v) is 4.05. The molecule has 0 fully saturated rings. The second-order valence-corrected chi connectivity index (χ2v) is 8.61. The number of hydrogen-bond donors (Lipinski definition) is 1. The lowest BCUT2D eigenvalue weighted by atomic mass is 10.1. The van der Waals surface area contributed by atoms with Crippen LogP contribution in [-0.2, 0) is 0 Å². The van der Waals surface area contributed by atoms with Gasteiger partial charge in [0.05, 0.1) is 27.8 Å². The lowest BCUT2D eigenvalue weighted by Crippen LogP contribution is -2.32. The number of ether oxygens (including phenoxy) is 2. The molecule has 0 aliphatic carbocycles. The van der Waals surface area contributed by atoms with Gasteiger partial charge in [0.1, 0.15) is 35.0 Å². The van der Waals surface area contributed by atoms with E-state index in [2.05, 4.69) is 36.2 Å². The van der Waals surface area contributed by atoms with Crippen LogP contribution in [0.25, 0.3) is 0 Å². The molecule has 0 aromatic carbocycles. The summed E-state index contributed by atoms with van der Waals surface area (Å²) in [6, 6.07) is 4.28. The van der Waals surface area contributed by atoms with E-state index in [1.807, 2.05) is 6.07 Å². The van der Waals surface area contributed by atoms with Crippen molar-refractivity contribution in [3.63, 3.8) is 0 Å². The maximum atomic E-state index is 12.9. The van der Waals surface area contributed by atoms with Gasteiger partial charge in [0.15, 0.2) is 17.9 Å². The first-order valence-corrected chi connectivity index (χ1v) is 11.3. The summed E-state index contributed by atoms with van der Waals surface area (Å²) in [4.78, 5) is 37.5. The number of pyridine rings is 3. The van der Waals surface area contributed by atoms with Crippen LogP contribution < -0.4 is 19.7 Å². The molecule has 180 valence electrons. The third kappa shape index (κ3) is 5.79. The molecule has 3 rings (SSSR count). The van der Waals surface area contributed by atoms with E-state index < -0.39 is 12.1 Å². The Balaban J connectivity index is 1.87. The number of carbonyl (C=O) groups is 2. The van der Waals surface area contributed by atoms with Crippen molar-refractivity contribution in [3.8, 4) is 17.6 Å². The molecule has 0 saturated carbocycles. The summed E-state index contributed by atoms with van der Waals surface area (Å²) in [6.07, 6.45) is 4.03. The normalized spacial score (nSPS) is 11.2. The van der Waals surface area contributed by atoms with Crippen molar-refractivity contribution in [2.24, 2.45) is 0 Å². The van der Waals surface area contributed by atoms with Crippen LogP contribution in [0.4, 0.5) is 16.4 Å². The first-order chi connectivity index (χ1) is 16.7. The van der Waals surface area contributed by atoms with Gasteiger partial charge in [-0.2, -0.15) is 5.26 Å². The van der Waals surface area contributed by atoms with Gasteiger partial charge >= 0.3 is 6.03 Å². The van der Waals surface area contributed by atoms with Crippen LogP contribution in [0.15, 0.2) is 35.2 Å². The number of nitriles is 1. The van der Waals surface area contributed by atoms with Crippen molar-refractivity contribution in [3.05, 3.63) is 62.1 Å². The minimum Gasteiger partial charge on any atom is -0.493 e. The zero-order valence-electron chi connectivity index (χ0n) is 18.5. The molecular weight excluding hydrogens is 563 g/mol. The van der Waals surface area contributed by atoms with E-state index >= 15 is 0 Å². The maximum absolute atomic E-state index is 12.9. The van der Waals surface area contributed by atoms with Crippen molar-refractivity contribution in [1.82, 2.24) is 15.0 Å². The highest BCUT2D eigenvalue weighted by molar-refractivity contribution is 9.10. The summed E-state index contributed by atoms with van der Waals surface area (Å²) < 4.78 is 11.6. The highest BCUT2D eigenvalue weighted by atomic mass is 79.9. The van der Waals surface area contributed by atoms with Crippen LogP contribution in [0.2, 0.25) is 10.0 Å². The molecule has 13 heteroatoms. The highest BCUT2D eigenvalue weighted by Gasteiger charge is 2.22. The topological polar surface area (TPSA) is 130 Å². The summed E-state index contributed by atoms with van der Waals surface area (Å²) in [5.74, 6) is 0.619. The van der Waals surface area contributed by atoms with Crippen molar-refractivity contribution in [1.29, 1.82) is 5.26 Å². The second-order valence-electron chi connectivity index (χ2n) is 6.94. The zero-order chi connectivity index (χ0) is 25.7. The Morgan fingerprint density at radius 3 is 2.54 bits per heavy atom. The number of amides is 2. The summed E-state index contributed by atoms with van der Waals surface area (Å²) in [5.41, 5.74) is 0.722. The average Bonchev–Trinajstić information content (AvgIpc) is 2.83. The standard InChI is InChI=1S/C22H17BrCl2N6O4/c1-11(20-14(24)8-27-9-15(20)25)35-17-5-19(28-7-12(17)6-26)30-22(33)31(2)21-18(34-3)4-13(23)16(10-32)29-21/h4-5,7-11H,1-3H3,(H,28,30,33)/t11-/m1/s1. The second kappa shape index (κ2) is 11.3. The molecular formula is C22H17BrCl2N6O4. The zero-order valence-corrected chi connectivity index (χ0v) is 21.6. The van der Waals surface area contributed by atoms with E-state index in [9.17, 15) is 14.9 Å². The third-order valence-corrected chi connectivity index (χ3v) is 5.96. The molecule has 10 nitrogen and oxygen atoms in total. The smallest absolute Gasteiger partial charge is 0.328 e. The SMILES string of the molecule is COc1cc(Br)c(C=O)nc1N(C)C(=O)Nc1cc(O[C@H](C)c2c(Cl)cncc2Cl)c(C#N)cn1. The predicted octanol–water partition coefficient (Wildman–Crippen LogP) is 5.44. The number of urea groups is 1. The van der Waals surface area contributed by atoms with E-state index in [1.165, 1.54) is 44.9 Å². The van der Waals surface area contributed by atoms with E-state index in [-0.39, 0.29) is 34.4 Å². The van der Waals surface area contributed by atoms with Crippen molar-refractivity contribution >= 4 is 63.1 Å². The van der Waals surface area contributed by atoms with E-state index in [0.29, 0.717) is 26.4 Å². The van der Waals surface area contributed by atoms with Gasteiger partial charge in [0, 0.05) is 37.1 Å². The lowest BCUT2D eigenvalue weighted by molar-refractivity contribution is 0.111. The molecule has 1 atom stereocenters. The number of hydrogen-bond acceptors (Lipinski definition) is 8. The van der Waals surface area contributed by atoms with Crippen LogP contribution in [-0.4, -0.2) is 41.4 Å². The van der Waals surface area contributed by atoms with Gasteiger partial charge in [-0.05, 0) is 22.9 Å². The lowest BCUT2D eigenvalue weighted by Gasteiger charge is -2.21. The number of anilines is 2. The number of aromatic nitrogens is 3. The Bertz CT molecular complexity index is 1310. The van der Waals surface area contributed by atoms with Gasteiger partial charge in [-0.25, -0.2) is 14.8 Å². The molecule has 0 radical (unpaired) electrons. The molecule has 3 aromatic heterocycles. The number of carbonyl (C=O) groups excluding carboxylic acids is 2. The van der Waals surface area contributed by atoms with E-state index in [0.717, 1.165) is 4.90 Å². The van der Waals surface area contributed by atoms with Gasteiger partial charge in [0.25, 0.3) is 0 Å². The number of nitrogens with one attached hydrogen (secondary N) is 1. The van der Waals surface area contributed by atoms with Crippen LogP contribution in [0, 0.1) is 11.3 Å². The van der Waals surface area contributed by atoms with Crippen LogP contribution in [0.1, 0.15) is 34.6 Å². The van der Waals surface area contributed by atoms with Gasteiger partial charge in [-0.15, -0.1) is 0 Å². The minimum absolute atomic E-state index is 0.0926. The molecule has 1 N–H and O–H groups in total. The molecule has 0 aliphatic rings. The number of aldehydes is 1. The monoisotopic (exact) mass is 578 g/mol. The van der Waals surface area contributed by atoms with Crippen molar-refractivity contribution < 1.29 is 19.1 Å². The minimum atomic E-state index is -0.642. The fourth-order valence-electron chi connectivity index (χ4n) is 2.98. The average molecular weight is 580 g/mol. The Morgan fingerprint density at radius 2 is 1.94 bits per heavy atom. The Kier molecular flexibility index (Phi) is 8.45. The largest absolute Gasteiger partial charge is 0.493 e. The summed E-state index contributed by atoms with van der Waals surface area (Å²) in [5, 5.41) is 12.7. The Morgan fingerprint density at radius 1 is 1.26 bits per heavy atom. The van der Waals surface area contributed by atoms with E-state index in [4.69, 9.17) is 32.7 Å². The molecule has 2 amide bonds. The Hall–Kier alpha value is -3.46. The molecule has 0 saturated heterocycles. The van der Waals surface area contributed by atoms with E-state index in [1.54, 1.807) is 6.92 Å². The van der Waals surface area contributed by atoms with Crippen LogP contribution in [0.5, 0.6) is 11.5 Å². The predicted molar refractivity (Wildman–Crippen MR) is 134 cm³/mol. The maximum Gasteiger partial charge on any atom is 0.328 e. The first-order valence-electron chi connectivity index (χ1n) is 9.80. The molecule has 0 aliphatic heterocycles. The molecule has 3 heterocycles. The first kappa shape index (κ1) is 26.2. The number of methoxy groups -OCH3 is 1. The van der Waals surface area contributed by atoms with Gasteiger partial charge in [-0.3, -0.25) is 20.0 Å². The van der Waals surface area contributed by atoms with Gasteiger partial charge < -0.3 is 9.47 Å². The van der Waals surface area contributed by atoms with Gasteiger partial charge in [-0.1, -0.05) is 23.2 Å².